The predicted molar refractivity (Wildman–Crippen MR) is 97.5 cm³/mol. The van der Waals surface area contributed by atoms with E-state index in [0.717, 1.165) is 16.5 Å². The third-order valence-electron chi connectivity index (χ3n) is 3.81. The van der Waals surface area contributed by atoms with Gasteiger partial charge in [-0.05, 0) is 48.0 Å². The highest BCUT2D eigenvalue weighted by atomic mass is 16.1. The molecule has 3 aromatic carbocycles. The summed E-state index contributed by atoms with van der Waals surface area (Å²) in [6.07, 6.45) is 3.11. The van der Waals surface area contributed by atoms with Gasteiger partial charge in [0.2, 0.25) is 0 Å². The molecule has 0 fully saturated rings. The van der Waals surface area contributed by atoms with Crippen LogP contribution < -0.4 is 5.32 Å². The van der Waals surface area contributed by atoms with Crippen molar-refractivity contribution in [3.05, 3.63) is 90.1 Å². The van der Waals surface area contributed by atoms with Crippen LogP contribution in [0.15, 0.2) is 79.0 Å². The van der Waals surface area contributed by atoms with E-state index >= 15 is 0 Å². The molecule has 24 heavy (non-hydrogen) atoms. The molecule has 0 radical (unpaired) electrons. The number of rotatable bonds is 5. The molecule has 3 rings (SSSR count). The van der Waals surface area contributed by atoms with Crippen LogP contribution in [-0.2, 0) is 0 Å². The third kappa shape index (κ3) is 3.58. The van der Waals surface area contributed by atoms with E-state index in [0.29, 0.717) is 11.1 Å². The minimum atomic E-state index is -0.0615. The molecule has 3 nitrogen and oxygen atoms in total. The normalized spacial score (nSPS) is 10.9. The zero-order valence-corrected chi connectivity index (χ0v) is 13.3. The van der Waals surface area contributed by atoms with Gasteiger partial charge in [-0.2, -0.15) is 0 Å². The molecule has 0 aliphatic heterocycles. The van der Waals surface area contributed by atoms with Crippen LogP contribution in [0.5, 0.6) is 0 Å². The van der Waals surface area contributed by atoms with Crippen LogP contribution in [-0.4, -0.2) is 11.6 Å². The molecule has 0 atom stereocenters. The van der Waals surface area contributed by atoms with Crippen molar-refractivity contribution in [1.82, 2.24) is 0 Å². The molecule has 0 spiro atoms. The Labute approximate surface area is 140 Å². The summed E-state index contributed by atoms with van der Waals surface area (Å²) in [5.74, 6) is -0.0304. The molecular formula is C21H17NO2. The molecule has 0 aromatic heterocycles. The van der Waals surface area contributed by atoms with Crippen molar-refractivity contribution in [3.63, 3.8) is 0 Å². The summed E-state index contributed by atoms with van der Waals surface area (Å²) in [6, 6.07) is 20.7. The second-order valence-electron chi connectivity index (χ2n) is 5.54. The lowest BCUT2D eigenvalue weighted by molar-refractivity contribution is 0.101. The standard InChI is InChI=1S/C21H17NO2/c1-15(23)16-8-10-20(11-9-16)22-13-12-21(24)19-7-6-17-4-2-3-5-18(17)14-19/h2-14,22H,1H3. The molecule has 0 saturated carbocycles. The first-order chi connectivity index (χ1) is 11.6. The minimum absolute atomic E-state index is 0.0311. The molecule has 3 heteroatoms. The van der Waals surface area contributed by atoms with E-state index in [1.54, 1.807) is 18.3 Å². The highest BCUT2D eigenvalue weighted by Crippen LogP contribution is 2.16. The molecule has 0 amide bonds. The molecular weight excluding hydrogens is 298 g/mol. The minimum Gasteiger partial charge on any atom is -0.362 e. The Morgan fingerprint density at radius 1 is 0.833 bits per heavy atom. The SMILES string of the molecule is CC(=O)c1ccc(NC=CC(=O)c2ccc3ccccc3c2)cc1. The molecule has 3 aromatic rings. The summed E-state index contributed by atoms with van der Waals surface area (Å²) in [5.41, 5.74) is 2.14. The number of nitrogens with one attached hydrogen (secondary N) is 1. The summed E-state index contributed by atoms with van der Waals surface area (Å²) >= 11 is 0. The van der Waals surface area contributed by atoms with E-state index in [-0.39, 0.29) is 11.6 Å². The molecule has 1 N–H and O–H groups in total. The summed E-state index contributed by atoms with van der Waals surface area (Å²) in [5, 5.41) is 5.19. The van der Waals surface area contributed by atoms with Crippen LogP contribution in [0.4, 0.5) is 5.69 Å². The maximum absolute atomic E-state index is 12.3. The maximum atomic E-state index is 12.3. The average molecular weight is 315 g/mol. The number of benzene rings is 3. The number of allylic oxidation sites excluding steroid dienone is 1. The smallest absolute Gasteiger partial charge is 0.187 e. The lowest BCUT2D eigenvalue weighted by Crippen LogP contribution is -1.97. The van der Waals surface area contributed by atoms with Gasteiger partial charge in [0, 0.05) is 29.1 Å². The van der Waals surface area contributed by atoms with Gasteiger partial charge in [-0.1, -0.05) is 36.4 Å². The summed E-state index contributed by atoms with van der Waals surface area (Å²) in [7, 11) is 0. The maximum Gasteiger partial charge on any atom is 0.187 e. The van der Waals surface area contributed by atoms with Crippen molar-refractivity contribution < 1.29 is 9.59 Å². The monoisotopic (exact) mass is 315 g/mol. The van der Waals surface area contributed by atoms with E-state index < -0.39 is 0 Å². The second-order valence-corrected chi connectivity index (χ2v) is 5.54. The Morgan fingerprint density at radius 2 is 1.50 bits per heavy atom. The first-order valence-electron chi connectivity index (χ1n) is 7.71. The van der Waals surface area contributed by atoms with E-state index in [1.165, 1.54) is 13.0 Å². The number of fused-ring (bicyclic) bond motifs is 1. The van der Waals surface area contributed by atoms with Crippen LogP contribution in [0.1, 0.15) is 27.6 Å². The number of Topliss-reactive ketones (excluding diaryl/α,β-unsaturated/α-hetero) is 1. The van der Waals surface area contributed by atoms with Gasteiger partial charge in [-0.3, -0.25) is 9.59 Å². The Morgan fingerprint density at radius 3 is 2.21 bits per heavy atom. The van der Waals surface area contributed by atoms with Gasteiger partial charge < -0.3 is 5.32 Å². The van der Waals surface area contributed by atoms with Gasteiger partial charge in [0.15, 0.2) is 11.6 Å². The van der Waals surface area contributed by atoms with Gasteiger partial charge in [0.05, 0.1) is 0 Å². The van der Waals surface area contributed by atoms with E-state index in [4.69, 9.17) is 0 Å². The molecule has 0 heterocycles. The molecule has 0 unspecified atom stereocenters. The number of hydrogen-bond acceptors (Lipinski definition) is 3. The summed E-state index contributed by atoms with van der Waals surface area (Å²) in [6.45, 7) is 1.53. The lowest BCUT2D eigenvalue weighted by atomic mass is 10.0. The topological polar surface area (TPSA) is 46.2 Å². The lowest BCUT2D eigenvalue weighted by Gasteiger charge is -2.02. The molecule has 0 bridgehead atoms. The fraction of sp³-hybridized carbons (Fsp3) is 0.0476. The fourth-order valence-electron chi connectivity index (χ4n) is 2.45. The number of anilines is 1. The molecule has 0 aliphatic rings. The van der Waals surface area contributed by atoms with Crippen molar-refractivity contribution >= 4 is 28.0 Å². The zero-order valence-electron chi connectivity index (χ0n) is 13.3. The Hall–Kier alpha value is -3.20. The van der Waals surface area contributed by atoms with Crippen LogP contribution >= 0.6 is 0 Å². The molecule has 0 aliphatic carbocycles. The third-order valence-corrected chi connectivity index (χ3v) is 3.81. The highest BCUT2D eigenvalue weighted by molar-refractivity contribution is 6.06. The Bertz CT molecular complexity index is 924. The van der Waals surface area contributed by atoms with Gasteiger partial charge in [0.1, 0.15) is 0 Å². The number of ketones is 2. The van der Waals surface area contributed by atoms with E-state index in [2.05, 4.69) is 5.32 Å². The fourth-order valence-corrected chi connectivity index (χ4v) is 2.45. The summed E-state index contributed by atoms with van der Waals surface area (Å²) in [4.78, 5) is 23.5. The quantitative estimate of drug-likeness (QED) is 0.541. The Kier molecular flexibility index (Phi) is 4.52. The first kappa shape index (κ1) is 15.7. The highest BCUT2D eigenvalue weighted by Gasteiger charge is 2.03. The molecule has 0 saturated heterocycles. The number of carbonyl (C=O) groups is 2. The Balaban J connectivity index is 1.68. The second kappa shape index (κ2) is 6.92. The van der Waals surface area contributed by atoms with Crippen molar-refractivity contribution in [2.24, 2.45) is 0 Å². The van der Waals surface area contributed by atoms with Gasteiger partial charge in [-0.15, -0.1) is 0 Å². The van der Waals surface area contributed by atoms with E-state index in [1.807, 2.05) is 54.6 Å². The summed E-state index contributed by atoms with van der Waals surface area (Å²) < 4.78 is 0. The number of carbonyl (C=O) groups excluding carboxylic acids is 2. The van der Waals surface area contributed by atoms with Crippen molar-refractivity contribution in [2.45, 2.75) is 6.92 Å². The van der Waals surface area contributed by atoms with Crippen LogP contribution in [0, 0.1) is 0 Å². The van der Waals surface area contributed by atoms with Crippen molar-refractivity contribution in [3.8, 4) is 0 Å². The van der Waals surface area contributed by atoms with Gasteiger partial charge >= 0.3 is 0 Å². The van der Waals surface area contributed by atoms with Crippen LogP contribution in [0.25, 0.3) is 10.8 Å². The zero-order chi connectivity index (χ0) is 16.9. The van der Waals surface area contributed by atoms with Crippen molar-refractivity contribution in [1.29, 1.82) is 0 Å². The average Bonchev–Trinajstić information content (AvgIpc) is 2.61. The largest absolute Gasteiger partial charge is 0.362 e. The van der Waals surface area contributed by atoms with Gasteiger partial charge in [-0.25, -0.2) is 0 Å². The predicted octanol–water partition coefficient (Wildman–Crippen LogP) is 4.85. The first-order valence-corrected chi connectivity index (χ1v) is 7.71. The van der Waals surface area contributed by atoms with Crippen LogP contribution in [0.3, 0.4) is 0 Å². The van der Waals surface area contributed by atoms with Gasteiger partial charge in [0.25, 0.3) is 0 Å². The van der Waals surface area contributed by atoms with Crippen molar-refractivity contribution in [2.75, 3.05) is 5.32 Å². The number of hydrogen-bond donors (Lipinski definition) is 1. The van der Waals surface area contributed by atoms with E-state index in [9.17, 15) is 9.59 Å². The van der Waals surface area contributed by atoms with Crippen LogP contribution in [0.2, 0.25) is 0 Å². The molecule has 118 valence electrons.